The van der Waals surface area contributed by atoms with Crippen molar-refractivity contribution >= 4 is 12.8 Å². The third-order valence-corrected chi connectivity index (χ3v) is 2.14. The second kappa shape index (κ2) is 5.84. The van der Waals surface area contributed by atoms with Gasteiger partial charge in [0.25, 0.3) is 0 Å². The first-order valence-corrected chi connectivity index (χ1v) is 4.81. The van der Waals surface area contributed by atoms with Crippen LogP contribution in [0.15, 0.2) is 43.0 Å². The molecular formula is C11H15NS. The van der Waals surface area contributed by atoms with Crippen molar-refractivity contribution in [3.05, 3.63) is 48.6 Å². The van der Waals surface area contributed by atoms with Gasteiger partial charge in [0, 0.05) is 13.1 Å². The van der Waals surface area contributed by atoms with Gasteiger partial charge in [-0.15, -0.1) is 6.58 Å². The topological polar surface area (TPSA) is 3.24 Å². The van der Waals surface area contributed by atoms with E-state index in [1.54, 1.807) is 0 Å². The number of hydrogen-bond acceptors (Lipinski definition) is 2. The summed E-state index contributed by atoms with van der Waals surface area (Å²) in [6, 6.07) is 10.3. The zero-order chi connectivity index (χ0) is 9.52. The molecule has 13 heavy (non-hydrogen) atoms. The van der Waals surface area contributed by atoms with Gasteiger partial charge in [0.15, 0.2) is 0 Å². The predicted octanol–water partition coefficient (Wildman–Crippen LogP) is 2.91. The Morgan fingerprint density at radius 3 is 2.62 bits per heavy atom. The van der Waals surface area contributed by atoms with Crippen LogP contribution in [0.3, 0.4) is 0 Å². The van der Waals surface area contributed by atoms with Crippen LogP contribution in [-0.2, 0) is 6.54 Å². The number of benzene rings is 1. The molecule has 0 radical (unpaired) electrons. The Labute approximate surface area is 85.6 Å². The minimum atomic E-state index is 0.887. The fourth-order valence-corrected chi connectivity index (χ4v) is 1.39. The van der Waals surface area contributed by atoms with Crippen LogP contribution in [0.2, 0.25) is 0 Å². The average Bonchev–Trinajstić information content (AvgIpc) is 2.16. The van der Waals surface area contributed by atoms with Gasteiger partial charge in [-0.25, -0.2) is 4.31 Å². The minimum Gasteiger partial charge on any atom is -0.249 e. The Hall–Kier alpha value is -0.730. The van der Waals surface area contributed by atoms with Crippen LogP contribution >= 0.6 is 12.8 Å². The van der Waals surface area contributed by atoms with Crippen LogP contribution in [0.25, 0.3) is 0 Å². The summed E-state index contributed by atoms with van der Waals surface area (Å²) in [5.74, 6) is 0. The number of nitrogens with zero attached hydrogens (tertiary/aromatic N) is 1. The van der Waals surface area contributed by atoms with Gasteiger partial charge in [-0.3, -0.25) is 0 Å². The zero-order valence-corrected chi connectivity index (χ0v) is 8.58. The van der Waals surface area contributed by atoms with Crippen LogP contribution in [0.4, 0.5) is 0 Å². The molecule has 1 nitrogen and oxygen atoms in total. The summed E-state index contributed by atoms with van der Waals surface area (Å²) in [6.45, 7) is 5.51. The summed E-state index contributed by atoms with van der Waals surface area (Å²) >= 11 is 4.36. The second-order valence-electron chi connectivity index (χ2n) is 2.95. The number of rotatable bonds is 5. The summed E-state index contributed by atoms with van der Waals surface area (Å²) in [4.78, 5) is 0. The molecule has 1 rings (SSSR count). The van der Waals surface area contributed by atoms with E-state index in [4.69, 9.17) is 0 Å². The summed E-state index contributed by atoms with van der Waals surface area (Å²) in [6.07, 6.45) is 2.89. The zero-order valence-electron chi connectivity index (χ0n) is 7.69. The average molecular weight is 193 g/mol. The highest BCUT2D eigenvalue weighted by Crippen LogP contribution is 2.06. The molecule has 1 aromatic rings. The number of thiol groups is 1. The normalized spacial score (nSPS) is 10.3. The molecule has 0 atom stereocenters. The van der Waals surface area contributed by atoms with Gasteiger partial charge in [-0.05, 0) is 12.0 Å². The fraction of sp³-hybridized carbons (Fsp3) is 0.273. The van der Waals surface area contributed by atoms with E-state index in [0.29, 0.717) is 0 Å². The quantitative estimate of drug-likeness (QED) is 0.556. The van der Waals surface area contributed by atoms with E-state index >= 15 is 0 Å². The second-order valence-corrected chi connectivity index (χ2v) is 3.52. The van der Waals surface area contributed by atoms with E-state index in [1.165, 1.54) is 5.56 Å². The first-order chi connectivity index (χ1) is 6.33. The Bertz CT molecular complexity index is 246. The lowest BCUT2D eigenvalue weighted by Gasteiger charge is -2.13. The lowest BCUT2D eigenvalue weighted by atomic mass is 10.2. The summed E-state index contributed by atoms with van der Waals surface area (Å²) in [7, 11) is 0. The molecule has 0 saturated heterocycles. The first kappa shape index (κ1) is 10.4. The molecule has 0 bridgehead atoms. The van der Waals surface area contributed by atoms with Gasteiger partial charge in [-0.1, -0.05) is 49.2 Å². The van der Waals surface area contributed by atoms with E-state index in [9.17, 15) is 0 Å². The van der Waals surface area contributed by atoms with E-state index < -0.39 is 0 Å². The lowest BCUT2D eigenvalue weighted by Crippen LogP contribution is -2.12. The third kappa shape index (κ3) is 4.15. The summed E-state index contributed by atoms with van der Waals surface area (Å²) in [5.41, 5.74) is 1.29. The van der Waals surface area contributed by atoms with Crippen molar-refractivity contribution in [3.8, 4) is 0 Å². The van der Waals surface area contributed by atoms with Crippen molar-refractivity contribution in [1.82, 2.24) is 4.31 Å². The van der Waals surface area contributed by atoms with E-state index in [0.717, 1.165) is 19.5 Å². The lowest BCUT2D eigenvalue weighted by molar-refractivity contribution is 0.481. The molecule has 0 spiro atoms. The van der Waals surface area contributed by atoms with Crippen molar-refractivity contribution in [2.45, 2.75) is 13.0 Å². The van der Waals surface area contributed by atoms with Crippen LogP contribution in [0.1, 0.15) is 12.0 Å². The van der Waals surface area contributed by atoms with Gasteiger partial charge in [-0.2, -0.15) is 0 Å². The van der Waals surface area contributed by atoms with Crippen LogP contribution in [0.5, 0.6) is 0 Å². The van der Waals surface area contributed by atoms with Gasteiger partial charge in [0.2, 0.25) is 0 Å². The largest absolute Gasteiger partial charge is 0.249 e. The summed E-state index contributed by atoms with van der Waals surface area (Å²) in [5, 5.41) is 0. The molecule has 2 heteroatoms. The Morgan fingerprint density at radius 1 is 1.31 bits per heavy atom. The third-order valence-electron chi connectivity index (χ3n) is 1.80. The smallest absolute Gasteiger partial charge is 0.0338 e. The molecule has 0 aromatic heterocycles. The standard InChI is InChI=1S/C11H15NS/c1-2-3-9-12(13)10-11-7-5-4-6-8-11/h2,4-8,13H,1,3,9-10H2. The summed E-state index contributed by atoms with van der Waals surface area (Å²) < 4.78 is 2.00. The molecule has 1 aromatic carbocycles. The first-order valence-electron chi connectivity index (χ1n) is 4.41. The maximum Gasteiger partial charge on any atom is 0.0338 e. The van der Waals surface area contributed by atoms with Crippen molar-refractivity contribution in [2.24, 2.45) is 0 Å². The van der Waals surface area contributed by atoms with Gasteiger partial charge in [0.1, 0.15) is 0 Å². The Kier molecular flexibility index (Phi) is 4.65. The fourth-order valence-electron chi connectivity index (χ4n) is 1.11. The van der Waals surface area contributed by atoms with Crippen molar-refractivity contribution in [1.29, 1.82) is 0 Å². The van der Waals surface area contributed by atoms with Crippen LogP contribution in [-0.4, -0.2) is 10.8 Å². The van der Waals surface area contributed by atoms with E-state index in [1.807, 2.05) is 28.6 Å². The molecule has 0 saturated carbocycles. The monoisotopic (exact) mass is 193 g/mol. The molecule has 0 fully saturated rings. The molecular weight excluding hydrogens is 178 g/mol. The molecule has 0 aliphatic rings. The molecule has 70 valence electrons. The maximum absolute atomic E-state index is 4.36. The van der Waals surface area contributed by atoms with Gasteiger partial charge in [0.05, 0.1) is 0 Å². The predicted molar refractivity (Wildman–Crippen MR) is 60.7 cm³/mol. The van der Waals surface area contributed by atoms with Crippen molar-refractivity contribution < 1.29 is 0 Å². The minimum absolute atomic E-state index is 0.887. The maximum atomic E-state index is 4.36. The van der Waals surface area contributed by atoms with Crippen LogP contribution in [0, 0.1) is 0 Å². The highest BCUT2D eigenvalue weighted by molar-refractivity contribution is 7.77. The van der Waals surface area contributed by atoms with Gasteiger partial charge < -0.3 is 0 Å². The Balaban J connectivity index is 2.36. The number of hydrogen-bond donors (Lipinski definition) is 1. The van der Waals surface area contributed by atoms with Crippen molar-refractivity contribution in [3.63, 3.8) is 0 Å². The SMILES string of the molecule is C=CCCN(S)Cc1ccccc1. The van der Waals surface area contributed by atoms with Crippen molar-refractivity contribution in [2.75, 3.05) is 6.54 Å². The molecule has 0 unspecified atom stereocenters. The molecule has 0 aliphatic heterocycles. The van der Waals surface area contributed by atoms with Gasteiger partial charge >= 0.3 is 0 Å². The van der Waals surface area contributed by atoms with E-state index in [-0.39, 0.29) is 0 Å². The Morgan fingerprint density at radius 2 is 2.00 bits per heavy atom. The molecule has 0 aliphatic carbocycles. The highest BCUT2D eigenvalue weighted by atomic mass is 32.1. The molecule has 0 heterocycles. The molecule has 0 amide bonds. The van der Waals surface area contributed by atoms with Crippen LogP contribution < -0.4 is 0 Å². The van der Waals surface area contributed by atoms with E-state index in [2.05, 4.69) is 31.5 Å². The molecule has 0 N–H and O–H groups in total. The highest BCUT2D eigenvalue weighted by Gasteiger charge is 1.98.